The number of carbonyl (C=O) groups excluding carboxylic acids is 1. The highest BCUT2D eigenvalue weighted by Crippen LogP contribution is 2.21. The van der Waals surface area contributed by atoms with Gasteiger partial charge in [-0.25, -0.2) is 4.39 Å². The maximum Gasteiger partial charge on any atom is 0.244 e. The Balaban J connectivity index is 1.90. The van der Waals surface area contributed by atoms with Crippen LogP contribution in [0, 0.1) is 5.82 Å². The molecule has 21 heavy (non-hydrogen) atoms. The van der Waals surface area contributed by atoms with Crippen molar-refractivity contribution >= 4 is 23.3 Å². The molecular formula is C15H15FN2O2S. The predicted octanol–water partition coefficient (Wildman–Crippen LogP) is 2.32. The number of nitrogens with zero attached hydrogens (tertiary/aromatic N) is 1. The van der Waals surface area contributed by atoms with Crippen LogP contribution in [0.2, 0.25) is 0 Å². The van der Waals surface area contributed by atoms with E-state index >= 15 is 0 Å². The van der Waals surface area contributed by atoms with Crippen molar-refractivity contribution in [2.45, 2.75) is 12.5 Å². The van der Waals surface area contributed by atoms with Crippen LogP contribution in [0.1, 0.15) is 18.1 Å². The lowest BCUT2D eigenvalue weighted by Gasteiger charge is -2.22. The van der Waals surface area contributed by atoms with E-state index in [1.54, 1.807) is 6.92 Å². The van der Waals surface area contributed by atoms with Crippen molar-refractivity contribution < 1.29 is 14.3 Å². The van der Waals surface area contributed by atoms with Gasteiger partial charge in [0, 0.05) is 12.3 Å². The maximum atomic E-state index is 12.9. The summed E-state index contributed by atoms with van der Waals surface area (Å²) in [5.41, 5.74) is 0.130. The zero-order valence-electron chi connectivity index (χ0n) is 11.4. The van der Waals surface area contributed by atoms with Gasteiger partial charge in [-0.1, -0.05) is 0 Å². The largest absolute Gasteiger partial charge is 0.384 e. The van der Waals surface area contributed by atoms with Gasteiger partial charge in [0.1, 0.15) is 11.4 Å². The minimum atomic E-state index is -1.12. The molecule has 0 aliphatic carbocycles. The van der Waals surface area contributed by atoms with Gasteiger partial charge in [0.05, 0.1) is 12.7 Å². The molecule has 0 spiro atoms. The van der Waals surface area contributed by atoms with Crippen LogP contribution >= 0.6 is 11.3 Å². The van der Waals surface area contributed by atoms with Crippen LogP contribution in [0.3, 0.4) is 0 Å². The van der Waals surface area contributed by atoms with Crippen LogP contribution in [-0.4, -0.2) is 22.5 Å². The molecular weight excluding hydrogens is 291 g/mol. The van der Waals surface area contributed by atoms with Crippen LogP contribution in [0.4, 0.5) is 4.39 Å². The van der Waals surface area contributed by atoms with Crippen LogP contribution in [-0.2, 0) is 10.4 Å². The van der Waals surface area contributed by atoms with Crippen molar-refractivity contribution in [2.75, 3.05) is 6.54 Å². The fourth-order valence-electron chi connectivity index (χ4n) is 1.68. The predicted molar refractivity (Wildman–Crippen MR) is 80.1 cm³/mol. The Morgan fingerprint density at radius 2 is 2.38 bits per heavy atom. The molecule has 0 aliphatic rings. The molecule has 110 valence electrons. The number of rotatable bonds is 5. The summed E-state index contributed by atoms with van der Waals surface area (Å²) in [4.78, 5) is 15.4. The summed E-state index contributed by atoms with van der Waals surface area (Å²) in [6.07, 6.45) is 5.29. The van der Waals surface area contributed by atoms with Crippen LogP contribution in [0.25, 0.3) is 6.08 Å². The standard InChI is InChI=1S/C15H15FN2O2S/c1-15(20,12-4-5-21-9-12)10-18-14(19)3-2-11-6-13(16)8-17-7-11/h2-9,20H,10H2,1H3,(H,18,19)/b3-2+. The first kappa shape index (κ1) is 15.3. The molecule has 6 heteroatoms. The Labute approximate surface area is 126 Å². The van der Waals surface area contributed by atoms with E-state index in [1.807, 2.05) is 16.8 Å². The molecule has 2 aromatic rings. The highest BCUT2D eigenvalue weighted by molar-refractivity contribution is 7.08. The third kappa shape index (κ3) is 4.47. The van der Waals surface area contributed by atoms with Gasteiger partial charge in [0.25, 0.3) is 0 Å². The number of hydrogen-bond acceptors (Lipinski definition) is 4. The average Bonchev–Trinajstić information content (AvgIpc) is 2.98. The maximum absolute atomic E-state index is 12.9. The van der Waals surface area contributed by atoms with Crippen molar-refractivity contribution in [3.8, 4) is 0 Å². The van der Waals surface area contributed by atoms with Gasteiger partial charge in [-0.15, -0.1) is 0 Å². The fourth-order valence-corrected chi connectivity index (χ4v) is 2.47. The van der Waals surface area contributed by atoms with Crippen LogP contribution in [0.15, 0.2) is 41.4 Å². The molecule has 0 saturated carbocycles. The summed E-state index contributed by atoms with van der Waals surface area (Å²) in [5, 5.41) is 16.6. The molecule has 0 saturated heterocycles. The summed E-state index contributed by atoms with van der Waals surface area (Å²) in [6, 6.07) is 3.09. The molecule has 0 aliphatic heterocycles. The van der Waals surface area contributed by atoms with Gasteiger partial charge in [0.2, 0.25) is 5.91 Å². The Hall–Kier alpha value is -2.05. The first-order valence-electron chi connectivity index (χ1n) is 6.29. The Morgan fingerprint density at radius 1 is 1.57 bits per heavy atom. The molecule has 1 unspecified atom stereocenters. The van der Waals surface area contributed by atoms with Crippen molar-refractivity contribution in [3.05, 3.63) is 58.3 Å². The number of pyridine rings is 1. The molecule has 4 nitrogen and oxygen atoms in total. The van der Waals surface area contributed by atoms with Gasteiger partial charge < -0.3 is 10.4 Å². The van der Waals surface area contributed by atoms with E-state index in [0.29, 0.717) is 5.56 Å². The van der Waals surface area contributed by atoms with Gasteiger partial charge in [0.15, 0.2) is 0 Å². The Kier molecular flexibility index (Phi) is 4.82. The SMILES string of the molecule is CC(O)(CNC(=O)/C=C/c1cncc(F)c1)c1ccsc1. The molecule has 2 N–H and O–H groups in total. The van der Waals surface area contributed by atoms with E-state index in [2.05, 4.69) is 10.3 Å². The van der Waals surface area contributed by atoms with Crippen molar-refractivity contribution in [2.24, 2.45) is 0 Å². The topological polar surface area (TPSA) is 62.2 Å². The van der Waals surface area contributed by atoms with Crippen LogP contribution < -0.4 is 5.32 Å². The average molecular weight is 306 g/mol. The summed E-state index contributed by atoms with van der Waals surface area (Å²) in [5.74, 6) is -0.826. The van der Waals surface area contributed by atoms with Crippen molar-refractivity contribution in [1.82, 2.24) is 10.3 Å². The first-order chi connectivity index (χ1) is 9.97. The van der Waals surface area contributed by atoms with E-state index in [-0.39, 0.29) is 12.5 Å². The van der Waals surface area contributed by atoms with Crippen molar-refractivity contribution in [1.29, 1.82) is 0 Å². The second kappa shape index (κ2) is 6.60. The van der Waals surface area contributed by atoms with Gasteiger partial charge in [-0.3, -0.25) is 9.78 Å². The third-order valence-corrected chi connectivity index (χ3v) is 3.59. The molecule has 2 rings (SSSR count). The van der Waals surface area contributed by atoms with Gasteiger partial charge >= 0.3 is 0 Å². The molecule has 0 bridgehead atoms. The molecule has 0 fully saturated rings. The number of amides is 1. The van der Waals surface area contributed by atoms with Gasteiger partial charge in [-0.05, 0) is 47.0 Å². The molecule has 2 heterocycles. The zero-order valence-corrected chi connectivity index (χ0v) is 12.2. The third-order valence-electron chi connectivity index (χ3n) is 2.90. The second-order valence-corrected chi connectivity index (χ2v) is 5.55. The smallest absolute Gasteiger partial charge is 0.244 e. The summed E-state index contributed by atoms with van der Waals surface area (Å²) in [6.45, 7) is 1.73. The number of aromatic nitrogens is 1. The lowest BCUT2D eigenvalue weighted by molar-refractivity contribution is -0.117. The number of carbonyl (C=O) groups is 1. The number of halogens is 1. The quantitative estimate of drug-likeness (QED) is 0.833. The van der Waals surface area contributed by atoms with Crippen LogP contribution in [0.5, 0.6) is 0 Å². The van der Waals surface area contributed by atoms with E-state index in [9.17, 15) is 14.3 Å². The normalized spacial score (nSPS) is 14.0. The first-order valence-corrected chi connectivity index (χ1v) is 7.23. The Morgan fingerprint density at radius 3 is 3.05 bits per heavy atom. The van der Waals surface area contributed by atoms with Gasteiger partial charge in [-0.2, -0.15) is 11.3 Å². The minimum absolute atomic E-state index is 0.0916. The monoisotopic (exact) mass is 306 g/mol. The Bertz CT molecular complexity index is 639. The number of aliphatic hydroxyl groups is 1. The second-order valence-electron chi connectivity index (χ2n) is 4.77. The minimum Gasteiger partial charge on any atom is -0.384 e. The lowest BCUT2D eigenvalue weighted by atomic mass is 9.99. The van der Waals surface area contributed by atoms with E-state index in [1.165, 1.54) is 35.8 Å². The molecule has 0 aromatic carbocycles. The highest BCUT2D eigenvalue weighted by Gasteiger charge is 2.23. The molecule has 1 atom stereocenters. The molecule has 2 aromatic heterocycles. The van der Waals surface area contributed by atoms with Crippen molar-refractivity contribution in [3.63, 3.8) is 0 Å². The summed E-state index contributed by atoms with van der Waals surface area (Å²) < 4.78 is 12.9. The lowest BCUT2D eigenvalue weighted by Crippen LogP contribution is -2.37. The fraction of sp³-hybridized carbons (Fsp3) is 0.200. The summed E-state index contributed by atoms with van der Waals surface area (Å²) in [7, 11) is 0. The number of thiophene rings is 1. The summed E-state index contributed by atoms with van der Waals surface area (Å²) >= 11 is 1.48. The number of nitrogens with one attached hydrogen (secondary N) is 1. The van der Waals surface area contributed by atoms with E-state index in [0.717, 1.165) is 11.8 Å². The number of hydrogen-bond donors (Lipinski definition) is 2. The highest BCUT2D eigenvalue weighted by atomic mass is 32.1. The van der Waals surface area contributed by atoms with E-state index < -0.39 is 11.4 Å². The molecule has 1 amide bonds. The molecule has 0 radical (unpaired) electrons. The van der Waals surface area contributed by atoms with E-state index in [4.69, 9.17) is 0 Å². The zero-order chi connectivity index (χ0) is 15.3.